The Hall–Kier alpha value is -2.70. The number of esters is 1. The summed E-state index contributed by atoms with van der Waals surface area (Å²) >= 11 is 0. The summed E-state index contributed by atoms with van der Waals surface area (Å²) in [6.07, 6.45) is -4.38. The van der Waals surface area contributed by atoms with Gasteiger partial charge in [0.05, 0.1) is 12.7 Å². The minimum Gasteiger partial charge on any atom is -0.482 e. The summed E-state index contributed by atoms with van der Waals surface area (Å²) in [4.78, 5) is 10.9. The summed E-state index contributed by atoms with van der Waals surface area (Å²) in [6.45, 7) is -0.213. The van der Waals surface area contributed by atoms with Gasteiger partial charge in [-0.3, -0.25) is 0 Å². The van der Waals surface area contributed by atoms with Gasteiger partial charge >= 0.3 is 12.1 Å². The van der Waals surface area contributed by atoms with E-state index in [1.807, 2.05) is 0 Å². The number of methoxy groups -OCH3 is 1. The molecule has 0 amide bonds. The van der Waals surface area contributed by atoms with Gasteiger partial charge in [-0.2, -0.15) is 13.2 Å². The van der Waals surface area contributed by atoms with Gasteiger partial charge in [0.2, 0.25) is 0 Å². The predicted octanol–water partition coefficient (Wildman–Crippen LogP) is 4.05. The highest BCUT2D eigenvalue weighted by Crippen LogP contribution is 2.31. The number of halogens is 3. The van der Waals surface area contributed by atoms with Crippen LogP contribution >= 0.6 is 0 Å². The van der Waals surface area contributed by atoms with Crippen molar-refractivity contribution in [3.63, 3.8) is 0 Å². The minimum atomic E-state index is -4.38. The van der Waals surface area contributed by atoms with Crippen LogP contribution in [0, 0.1) is 0 Å². The van der Waals surface area contributed by atoms with Gasteiger partial charge in [-0.25, -0.2) is 4.79 Å². The number of carbonyl (C=O) groups is 1. The molecule has 0 aliphatic carbocycles. The number of carbonyl (C=O) groups excluding carboxylic acids is 1. The molecule has 0 bridgehead atoms. The second-order valence-electron chi connectivity index (χ2n) is 4.46. The Bertz CT molecular complexity index is 649. The molecule has 0 aliphatic rings. The van der Waals surface area contributed by atoms with Gasteiger partial charge in [0.25, 0.3) is 0 Å². The van der Waals surface area contributed by atoms with Crippen LogP contribution < -0.4 is 9.47 Å². The van der Waals surface area contributed by atoms with E-state index in [2.05, 4.69) is 4.74 Å². The van der Waals surface area contributed by atoms with Crippen LogP contribution in [-0.4, -0.2) is 19.7 Å². The standard InChI is InChI=1S/C16H13F3O4/c1-21-15(20)10-22-12-6-8-14(9-7-12)23-13-4-2-11(3-5-13)16(17,18)19/h2-9H,10H2,1H3. The average Bonchev–Trinajstić information content (AvgIpc) is 2.53. The lowest BCUT2D eigenvalue weighted by molar-refractivity contribution is -0.143. The molecule has 0 heterocycles. The Labute approximate surface area is 130 Å². The van der Waals surface area contributed by atoms with Crippen LogP contribution in [0.25, 0.3) is 0 Å². The lowest BCUT2D eigenvalue weighted by atomic mass is 10.2. The van der Waals surface area contributed by atoms with Gasteiger partial charge in [0.1, 0.15) is 17.2 Å². The maximum absolute atomic E-state index is 12.5. The molecule has 0 aromatic heterocycles. The number of alkyl halides is 3. The molecule has 0 saturated heterocycles. The Balaban J connectivity index is 1.96. The summed E-state index contributed by atoms with van der Waals surface area (Å²) in [5, 5.41) is 0. The first-order valence-electron chi connectivity index (χ1n) is 6.53. The van der Waals surface area contributed by atoms with E-state index >= 15 is 0 Å². The summed E-state index contributed by atoms with van der Waals surface area (Å²) in [5.74, 6) is 0.640. The first-order valence-corrected chi connectivity index (χ1v) is 6.53. The Morgan fingerprint density at radius 2 is 1.39 bits per heavy atom. The maximum atomic E-state index is 12.5. The molecule has 0 spiro atoms. The zero-order valence-corrected chi connectivity index (χ0v) is 12.1. The molecule has 0 aliphatic heterocycles. The molecule has 0 unspecified atom stereocenters. The molecule has 0 saturated carbocycles. The van der Waals surface area contributed by atoms with Crippen LogP contribution in [0.2, 0.25) is 0 Å². The second kappa shape index (κ2) is 7.04. The van der Waals surface area contributed by atoms with Gasteiger partial charge in [-0.1, -0.05) is 0 Å². The van der Waals surface area contributed by atoms with Crippen molar-refractivity contribution in [3.8, 4) is 17.2 Å². The lowest BCUT2D eigenvalue weighted by Gasteiger charge is -2.09. The average molecular weight is 326 g/mol. The van der Waals surface area contributed by atoms with E-state index in [1.165, 1.54) is 19.2 Å². The van der Waals surface area contributed by atoms with Crippen molar-refractivity contribution in [1.82, 2.24) is 0 Å². The fraction of sp³-hybridized carbons (Fsp3) is 0.188. The quantitative estimate of drug-likeness (QED) is 0.778. The SMILES string of the molecule is COC(=O)COc1ccc(Oc2ccc(C(F)(F)F)cc2)cc1. The summed E-state index contributed by atoms with van der Waals surface area (Å²) in [6, 6.07) is 10.7. The predicted molar refractivity (Wildman–Crippen MR) is 75.5 cm³/mol. The highest BCUT2D eigenvalue weighted by Gasteiger charge is 2.30. The minimum absolute atomic E-state index is 0.213. The first kappa shape index (κ1) is 16.7. The maximum Gasteiger partial charge on any atom is 0.416 e. The Morgan fingerprint density at radius 3 is 1.87 bits per heavy atom. The molecule has 4 nitrogen and oxygen atoms in total. The smallest absolute Gasteiger partial charge is 0.416 e. The van der Waals surface area contributed by atoms with Crippen molar-refractivity contribution in [2.45, 2.75) is 6.18 Å². The topological polar surface area (TPSA) is 44.8 Å². The van der Waals surface area contributed by atoms with Crippen LogP contribution in [0.4, 0.5) is 13.2 Å². The van der Waals surface area contributed by atoms with E-state index in [9.17, 15) is 18.0 Å². The van der Waals surface area contributed by atoms with Crippen molar-refractivity contribution >= 4 is 5.97 Å². The molecule has 0 fully saturated rings. The van der Waals surface area contributed by atoms with E-state index in [0.29, 0.717) is 11.5 Å². The molecule has 7 heteroatoms. The Kier molecular flexibility index (Phi) is 5.10. The molecule has 2 aromatic rings. The number of hydrogen-bond donors (Lipinski definition) is 0. The third-order valence-electron chi connectivity index (χ3n) is 2.83. The molecule has 0 N–H and O–H groups in total. The number of ether oxygens (including phenoxy) is 3. The fourth-order valence-corrected chi connectivity index (χ4v) is 1.65. The fourth-order valence-electron chi connectivity index (χ4n) is 1.65. The molecule has 23 heavy (non-hydrogen) atoms. The van der Waals surface area contributed by atoms with Gasteiger partial charge < -0.3 is 14.2 Å². The molecule has 0 atom stereocenters. The zero-order chi connectivity index (χ0) is 16.9. The number of hydrogen-bond acceptors (Lipinski definition) is 4. The lowest BCUT2D eigenvalue weighted by Crippen LogP contribution is -2.12. The summed E-state index contributed by atoms with van der Waals surface area (Å²) in [5.41, 5.74) is -0.739. The molecular weight excluding hydrogens is 313 g/mol. The first-order chi connectivity index (χ1) is 10.9. The van der Waals surface area contributed by atoms with Gasteiger partial charge in [-0.05, 0) is 48.5 Å². The highest BCUT2D eigenvalue weighted by atomic mass is 19.4. The number of rotatable bonds is 5. The van der Waals surface area contributed by atoms with Crippen LogP contribution in [0.3, 0.4) is 0 Å². The van der Waals surface area contributed by atoms with Crippen LogP contribution in [0.5, 0.6) is 17.2 Å². The van der Waals surface area contributed by atoms with Gasteiger partial charge in [0, 0.05) is 0 Å². The third-order valence-corrected chi connectivity index (χ3v) is 2.83. The summed E-state index contributed by atoms with van der Waals surface area (Å²) in [7, 11) is 1.26. The van der Waals surface area contributed by atoms with Crippen molar-refractivity contribution in [3.05, 3.63) is 54.1 Å². The number of benzene rings is 2. The van der Waals surface area contributed by atoms with Gasteiger partial charge in [0.15, 0.2) is 6.61 Å². The third kappa shape index (κ3) is 4.91. The van der Waals surface area contributed by atoms with Crippen molar-refractivity contribution in [2.24, 2.45) is 0 Å². The van der Waals surface area contributed by atoms with Gasteiger partial charge in [-0.15, -0.1) is 0 Å². The normalized spacial score (nSPS) is 11.0. The zero-order valence-electron chi connectivity index (χ0n) is 12.1. The van der Waals surface area contributed by atoms with E-state index in [4.69, 9.17) is 9.47 Å². The molecule has 122 valence electrons. The van der Waals surface area contributed by atoms with E-state index in [-0.39, 0.29) is 12.4 Å². The van der Waals surface area contributed by atoms with E-state index < -0.39 is 17.7 Å². The van der Waals surface area contributed by atoms with Crippen LogP contribution in [-0.2, 0) is 15.7 Å². The highest BCUT2D eigenvalue weighted by molar-refractivity contribution is 5.70. The van der Waals surface area contributed by atoms with E-state index in [0.717, 1.165) is 12.1 Å². The molecule has 2 aromatic carbocycles. The summed E-state index contributed by atoms with van der Waals surface area (Å²) < 4.78 is 52.4. The molecule has 2 rings (SSSR count). The largest absolute Gasteiger partial charge is 0.482 e. The Morgan fingerprint density at radius 1 is 0.913 bits per heavy atom. The van der Waals surface area contributed by atoms with Crippen LogP contribution in [0.1, 0.15) is 5.56 Å². The van der Waals surface area contributed by atoms with Crippen molar-refractivity contribution in [2.75, 3.05) is 13.7 Å². The van der Waals surface area contributed by atoms with Crippen LogP contribution in [0.15, 0.2) is 48.5 Å². The van der Waals surface area contributed by atoms with Crippen molar-refractivity contribution < 1.29 is 32.2 Å². The van der Waals surface area contributed by atoms with E-state index in [1.54, 1.807) is 24.3 Å². The molecular formula is C16H13F3O4. The molecule has 0 radical (unpaired) electrons. The van der Waals surface area contributed by atoms with Crippen molar-refractivity contribution in [1.29, 1.82) is 0 Å². The monoisotopic (exact) mass is 326 g/mol. The second-order valence-corrected chi connectivity index (χ2v) is 4.46.